The quantitative estimate of drug-likeness (QED) is 0.205. The zero-order valence-electron chi connectivity index (χ0n) is 27.0. The molecule has 0 aliphatic heterocycles. The molecular weight excluding hydrogens is 581 g/mol. The second-order valence-corrected chi connectivity index (χ2v) is 13.3. The number of carbonyl (C=O) groups excluding carboxylic acids is 3. The van der Waals surface area contributed by atoms with Gasteiger partial charge in [0.25, 0.3) is 6.01 Å². The number of hydrogen-bond acceptors (Lipinski definition) is 7. The maximum atomic E-state index is 15.7. The van der Waals surface area contributed by atoms with Gasteiger partial charge in [-0.1, -0.05) is 62.9 Å². The molecule has 1 unspecified atom stereocenters. The van der Waals surface area contributed by atoms with Gasteiger partial charge >= 0.3 is 5.97 Å². The van der Waals surface area contributed by atoms with Crippen molar-refractivity contribution in [3.8, 4) is 17.1 Å². The van der Waals surface area contributed by atoms with Crippen LogP contribution in [0.4, 0.5) is 4.39 Å². The molecule has 1 aromatic heterocycles. The Labute approximate surface area is 264 Å². The van der Waals surface area contributed by atoms with Gasteiger partial charge in [0.2, 0.25) is 5.91 Å². The first-order valence-corrected chi connectivity index (χ1v) is 15.9. The highest BCUT2D eigenvalue weighted by Gasteiger charge is 2.25. The summed E-state index contributed by atoms with van der Waals surface area (Å²) in [6, 6.07) is 12.2. The number of hydrogen-bond donors (Lipinski definition) is 1. The summed E-state index contributed by atoms with van der Waals surface area (Å²) in [5, 5.41) is 2.36. The first kappa shape index (κ1) is 34.8. The number of benzene rings is 2. The largest absolute Gasteiger partial charge is 0.465 e. The Morgan fingerprint density at radius 3 is 2.39 bits per heavy atom. The van der Waals surface area contributed by atoms with Gasteiger partial charge in [-0.25, -0.2) is 9.18 Å². The van der Waals surface area contributed by atoms with Crippen LogP contribution >= 0.6 is 11.8 Å². The predicted octanol–water partition coefficient (Wildman–Crippen LogP) is 6.96. The Hall–Kier alpha value is -3.66. The number of carbonyl (C=O) groups is 3. The molecular formula is C34H44FN3O5S. The molecule has 0 bridgehead atoms. The van der Waals surface area contributed by atoms with E-state index in [9.17, 15) is 14.4 Å². The van der Waals surface area contributed by atoms with Gasteiger partial charge in [-0.15, -0.1) is 0 Å². The smallest absolute Gasteiger partial charge is 0.339 e. The molecule has 0 spiro atoms. The topological polar surface area (TPSA) is 99.5 Å². The Morgan fingerprint density at radius 2 is 1.80 bits per heavy atom. The highest BCUT2D eigenvalue weighted by Crippen LogP contribution is 2.29. The average Bonchev–Trinajstić information content (AvgIpc) is 3.26. The maximum absolute atomic E-state index is 15.7. The van der Waals surface area contributed by atoms with Crippen molar-refractivity contribution >= 4 is 28.8 Å². The van der Waals surface area contributed by atoms with E-state index in [0.717, 1.165) is 17.5 Å². The van der Waals surface area contributed by atoms with E-state index in [4.69, 9.17) is 9.47 Å². The average molecular weight is 626 g/mol. The van der Waals surface area contributed by atoms with Crippen LogP contribution in [-0.2, 0) is 33.8 Å². The van der Waals surface area contributed by atoms with E-state index < -0.39 is 22.6 Å². The molecule has 44 heavy (non-hydrogen) atoms. The summed E-state index contributed by atoms with van der Waals surface area (Å²) in [6.45, 7) is 15.3. The molecule has 8 nitrogen and oxygen atoms in total. The number of ether oxygens (including phenoxy) is 2. The van der Waals surface area contributed by atoms with Gasteiger partial charge in [0.1, 0.15) is 11.4 Å². The van der Waals surface area contributed by atoms with E-state index in [2.05, 4.69) is 10.3 Å². The van der Waals surface area contributed by atoms with Crippen LogP contribution in [0.25, 0.3) is 11.1 Å². The van der Waals surface area contributed by atoms with Crippen molar-refractivity contribution in [3.63, 3.8) is 0 Å². The number of nitrogens with zero attached hydrogens (tertiary/aromatic N) is 2. The first-order valence-electron chi connectivity index (χ1n) is 15.0. The van der Waals surface area contributed by atoms with Crippen LogP contribution in [0, 0.1) is 11.7 Å². The standard InChI is InChI=1S/C34H44FN3O5S/c1-9-28-29(19-36-31(40)30(17-21(3)4)44-22(5)39)38(33(37-28)42-10-2)20-24-16-15-23(18-27(24)35)25-13-11-12-14-26(25)32(41)43-34(6,7)8/h11-16,18,21,30H,9-10,17,19-20H2,1-8H3,(H,36,40). The number of amides is 1. The number of rotatable bonds is 13. The van der Waals surface area contributed by atoms with Gasteiger partial charge in [0.05, 0.1) is 41.9 Å². The summed E-state index contributed by atoms with van der Waals surface area (Å²) in [7, 11) is 0. The molecule has 0 saturated heterocycles. The molecule has 1 heterocycles. The third-order valence-electron chi connectivity index (χ3n) is 6.68. The molecule has 0 fully saturated rings. The molecule has 1 amide bonds. The number of aromatic nitrogens is 2. The van der Waals surface area contributed by atoms with Crippen molar-refractivity contribution in [3.05, 3.63) is 70.8 Å². The fourth-order valence-corrected chi connectivity index (χ4v) is 5.85. The minimum absolute atomic E-state index is 0.114. The molecule has 3 rings (SSSR count). The number of imidazole rings is 1. The maximum Gasteiger partial charge on any atom is 0.339 e. The summed E-state index contributed by atoms with van der Waals surface area (Å²) < 4.78 is 28.9. The minimum Gasteiger partial charge on any atom is -0.465 e. The Kier molecular flexibility index (Phi) is 12.2. The van der Waals surface area contributed by atoms with Gasteiger partial charge in [-0.3, -0.25) is 14.2 Å². The second kappa shape index (κ2) is 15.4. The number of thioether (sulfide) groups is 1. The van der Waals surface area contributed by atoms with Gasteiger partial charge in [-0.2, -0.15) is 4.98 Å². The van der Waals surface area contributed by atoms with Crippen LogP contribution in [0.15, 0.2) is 42.5 Å². The number of halogens is 1. The van der Waals surface area contributed by atoms with E-state index >= 15 is 4.39 Å². The molecule has 0 saturated carbocycles. The number of aryl methyl sites for hydroxylation is 1. The monoisotopic (exact) mass is 625 g/mol. The van der Waals surface area contributed by atoms with E-state index in [0.29, 0.717) is 53.4 Å². The lowest BCUT2D eigenvalue weighted by molar-refractivity contribution is -0.121. The van der Waals surface area contributed by atoms with Crippen molar-refractivity contribution in [2.75, 3.05) is 6.61 Å². The lowest BCUT2D eigenvalue weighted by Crippen LogP contribution is -2.34. The summed E-state index contributed by atoms with van der Waals surface area (Å²) in [5.41, 5.74) is 2.63. The lowest BCUT2D eigenvalue weighted by Gasteiger charge is -2.20. The molecule has 238 valence electrons. The van der Waals surface area contributed by atoms with Crippen LogP contribution in [0.5, 0.6) is 6.01 Å². The van der Waals surface area contributed by atoms with Gasteiger partial charge in [0.15, 0.2) is 5.12 Å². The van der Waals surface area contributed by atoms with Crippen molar-refractivity contribution in [1.82, 2.24) is 14.9 Å². The molecule has 0 aliphatic rings. The number of esters is 1. The van der Waals surface area contributed by atoms with Crippen LogP contribution < -0.4 is 10.1 Å². The fourth-order valence-electron chi connectivity index (χ4n) is 4.78. The van der Waals surface area contributed by atoms with Crippen molar-refractivity contribution < 1.29 is 28.2 Å². The van der Waals surface area contributed by atoms with Gasteiger partial charge in [-0.05, 0) is 69.7 Å². The van der Waals surface area contributed by atoms with Crippen molar-refractivity contribution in [2.45, 2.75) is 92.2 Å². The zero-order chi connectivity index (χ0) is 32.6. The van der Waals surface area contributed by atoms with Crippen LogP contribution in [0.2, 0.25) is 0 Å². The lowest BCUT2D eigenvalue weighted by atomic mass is 9.98. The summed E-state index contributed by atoms with van der Waals surface area (Å²) in [5.74, 6) is -0.930. The molecule has 3 aromatic rings. The molecule has 2 aromatic carbocycles. The van der Waals surface area contributed by atoms with Crippen LogP contribution in [0.1, 0.15) is 89.1 Å². The molecule has 1 atom stereocenters. The zero-order valence-corrected chi connectivity index (χ0v) is 27.8. The van der Waals surface area contributed by atoms with Gasteiger partial charge < -0.3 is 14.8 Å². The Morgan fingerprint density at radius 1 is 1.09 bits per heavy atom. The van der Waals surface area contributed by atoms with Crippen molar-refractivity contribution in [2.24, 2.45) is 5.92 Å². The normalized spacial score (nSPS) is 12.2. The van der Waals surface area contributed by atoms with Crippen LogP contribution in [0.3, 0.4) is 0 Å². The fraction of sp³-hybridized carbons (Fsp3) is 0.471. The Bertz CT molecular complexity index is 1480. The van der Waals surface area contributed by atoms with E-state index in [-0.39, 0.29) is 30.0 Å². The third kappa shape index (κ3) is 9.42. The SMILES string of the molecule is CCOc1nc(CC)c(CNC(=O)C(CC(C)C)SC(C)=O)n1Cc1ccc(-c2ccccc2C(=O)OC(C)(C)C)cc1F. The van der Waals surface area contributed by atoms with Gasteiger partial charge in [0, 0.05) is 12.5 Å². The van der Waals surface area contributed by atoms with Crippen LogP contribution in [-0.4, -0.2) is 44.0 Å². The van der Waals surface area contributed by atoms with E-state index in [1.54, 1.807) is 61.7 Å². The second-order valence-electron chi connectivity index (χ2n) is 12.0. The first-order chi connectivity index (χ1) is 20.7. The molecule has 0 aliphatic carbocycles. The number of nitrogens with one attached hydrogen (secondary N) is 1. The van der Waals surface area contributed by atoms with Crippen molar-refractivity contribution in [1.29, 1.82) is 0 Å². The highest BCUT2D eigenvalue weighted by molar-refractivity contribution is 8.14. The Balaban J connectivity index is 1.93. The summed E-state index contributed by atoms with van der Waals surface area (Å²) >= 11 is 1.03. The molecule has 10 heteroatoms. The predicted molar refractivity (Wildman–Crippen MR) is 172 cm³/mol. The highest BCUT2D eigenvalue weighted by atomic mass is 32.2. The molecule has 1 N–H and O–H groups in total. The third-order valence-corrected chi connectivity index (χ3v) is 7.71. The minimum atomic E-state index is -0.668. The van der Waals surface area contributed by atoms with E-state index in [1.807, 2.05) is 27.7 Å². The molecule has 0 radical (unpaired) electrons. The summed E-state index contributed by atoms with van der Waals surface area (Å²) in [4.78, 5) is 42.5. The summed E-state index contributed by atoms with van der Waals surface area (Å²) in [6.07, 6.45) is 1.15. The van der Waals surface area contributed by atoms with E-state index in [1.165, 1.54) is 13.0 Å².